The maximum atomic E-state index is 11.8. The van der Waals surface area contributed by atoms with Crippen molar-refractivity contribution in [2.75, 3.05) is 7.11 Å². The monoisotopic (exact) mass is 324 g/mol. The summed E-state index contributed by atoms with van der Waals surface area (Å²) in [6.45, 7) is 0. The fourth-order valence-electron chi connectivity index (χ4n) is 1.70. The van der Waals surface area contributed by atoms with Gasteiger partial charge in [-0.25, -0.2) is 0 Å². The quantitative estimate of drug-likeness (QED) is 0.849. The second kappa shape index (κ2) is 7.10. The van der Waals surface area contributed by atoms with Gasteiger partial charge in [-0.05, 0) is 29.6 Å². The molecule has 1 heterocycles. The first-order valence-electron chi connectivity index (χ1n) is 6.05. The summed E-state index contributed by atoms with van der Waals surface area (Å²) in [6.07, 6.45) is 0.0501. The average Bonchev–Trinajstić information content (AvgIpc) is 2.99. The number of halogens is 1. The largest absolute Gasteiger partial charge is 0.496 e. The molecule has 1 aromatic carbocycles. The molecule has 0 fully saturated rings. The number of carbonyl (C=O) groups is 2. The number of rotatable bonds is 4. The lowest BCUT2D eigenvalue weighted by Gasteiger charge is -2.10. The van der Waals surface area contributed by atoms with Gasteiger partial charge in [0.2, 0.25) is 5.91 Å². The van der Waals surface area contributed by atoms with Crippen LogP contribution in [-0.4, -0.2) is 18.9 Å². The fourth-order valence-corrected chi connectivity index (χ4v) is 2.51. The summed E-state index contributed by atoms with van der Waals surface area (Å²) in [5, 5.41) is 2.30. The Morgan fingerprint density at radius 1 is 1.29 bits per heavy atom. The number of nitrogens with one attached hydrogen (secondary N) is 2. The molecule has 0 aliphatic rings. The molecular weight excluding hydrogens is 312 g/mol. The Labute approximate surface area is 130 Å². The van der Waals surface area contributed by atoms with Crippen molar-refractivity contribution in [2.24, 2.45) is 0 Å². The standard InChI is InChI=1S/C14H13ClN2O3S/c1-20-11-5-4-10(15)7-9(11)8-13(18)16-17-14(19)12-3-2-6-21-12/h2-7H,8H2,1H3,(H,16,18)(H,17,19). The van der Waals surface area contributed by atoms with Gasteiger partial charge in [-0.3, -0.25) is 20.4 Å². The summed E-state index contributed by atoms with van der Waals surface area (Å²) in [5.41, 5.74) is 5.36. The zero-order valence-electron chi connectivity index (χ0n) is 11.2. The van der Waals surface area contributed by atoms with E-state index in [-0.39, 0.29) is 18.2 Å². The lowest BCUT2D eigenvalue weighted by Crippen LogP contribution is -2.42. The Bertz CT molecular complexity index is 644. The van der Waals surface area contributed by atoms with Crippen molar-refractivity contribution >= 4 is 34.8 Å². The highest BCUT2D eigenvalue weighted by molar-refractivity contribution is 7.12. The molecule has 2 N–H and O–H groups in total. The minimum Gasteiger partial charge on any atom is -0.496 e. The number of benzene rings is 1. The smallest absolute Gasteiger partial charge is 0.279 e. The predicted octanol–water partition coefficient (Wildman–Crippen LogP) is 2.41. The molecule has 0 aliphatic carbocycles. The normalized spacial score (nSPS) is 10.0. The zero-order valence-corrected chi connectivity index (χ0v) is 12.8. The first-order chi connectivity index (χ1) is 10.1. The molecule has 0 saturated carbocycles. The van der Waals surface area contributed by atoms with E-state index in [1.807, 2.05) is 0 Å². The lowest BCUT2D eigenvalue weighted by atomic mass is 10.1. The van der Waals surface area contributed by atoms with Crippen LogP contribution < -0.4 is 15.6 Å². The second-order valence-electron chi connectivity index (χ2n) is 4.11. The maximum absolute atomic E-state index is 11.8. The molecular formula is C14H13ClN2O3S. The molecule has 2 aromatic rings. The molecule has 0 radical (unpaired) electrons. The third kappa shape index (κ3) is 4.21. The van der Waals surface area contributed by atoms with Crippen molar-refractivity contribution in [3.63, 3.8) is 0 Å². The van der Waals surface area contributed by atoms with Crippen LogP contribution in [0.25, 0.3) is 0 Å². The molecule has 1 aromatic heterocycles. The Morgan fingerprint density at radius 2 is 2.10 bits per heavy atom. The van der Waals surface area contributed by atoms with Crippen LogP contribution in [0.4, 0.5) is 0 Å². The average molecular weight is 325 g/mol. The molecule has 0 spiro atoms. The molecule has 21 heavy (non-hydrogen) atoms. The van der Waals surface area contributed by atoms with Crippen molar-refractivity contribution in [1.82, 2.24) is 10.9 Å². The molecule has 2 rings (SSSR count). The molecule has 7 heteroatoms. The minimum atomic E-state index is -0.361. The first kappa shape index (κ1) is 15.3. The highest BCUT2D eigenvalue weighted by Gasteiger charge is 2.11. The SMILES string of the molecule is COc1ccc(Cl)cc1CC(=O)NNC(=O)c1cccs1. The number of amides is 2. The summed E-state index contributed by atoms with van der Waals surface area (Å²) in [7, 11) is 1.52. The van der Waals surface area contributed by atoms with Crippen LogP contribution in [0.2, 0.25) is 5.02 Å². The second-order valence-corrected chi connectivity index (χ2v) is 5.50. The summed E-state index contributed by atoms with van der Waals surface area (Å²) in [4.78, 5) is 24.0. The van der Waals surface area contributed by atoms with Gasteiger partial charge in [0.25, 0.3) is 5.91 Å². The van der Waals surface area contributed by atoms with Gasteiger partial charge >= 0.3 is 0 Å². The van der Waals surface area contributed by atoms with Crippen molar-refractivity contribution in [2.45, 2.75) is 6.42 Å². The van der Waals surface area contributed by atoms with Crippen molar-refractivity contribution in [3.8, 4) is 5.75 Å². The van der Waals surface area contributed by atoms with Crippen molar-refractivity contribution in [3.05, 3.63) is 51.2 Å². The Kier molecular flexibility index (Phi) is 5.19. The number of thiophene rings is 1. The van der Waals surface area contributed by atoms with E-state index in [9.17, 15) is 9.59 Å². The molecule has 110 valence electrons. The van der Waals surface area contributed by atoms with Gasteiger partial charge in [-0.1, -0.05) is 17.7 Å². The zero-order chi connectivity index (χ0) is 15.2. The van der Waals surface area contributed by atoms with E-state index < -0.39 is 0 Å². The van der Waals surface area contributed by atoms with Crippen LogP contribution in [-0.2, 0) is 11.2 Å². The summed E-state index contributed by atoms with van der Waals surface area (Å²) in [5.74, 6) is -0.143. The van der Waals surface area contributed by atoms with Crippen LogP contribution in [0.3, 0.4) is 0 Å². The van der Waals surface area contributed by atoms with Gasteiger partial charge < -0.3 is 4.74 Å². The van der Waals surface area contributed by atoms with E-state index >= 15 is 0 Å². The van der Waals surface area contributed by atoms with Crippen LogP contribution in [0, 0.1) is 0 Å². The van der Waals surface area contributed by atoms with Gasteiger partial charge in [0.15, 0.2) is 0 Å². The number of ether oxygens (including phenoxy) is 1. The highest BCUT2D eigenvalue weighted by atomic mass is 35.5. The summed E-state index contributed by atoms with van der Waals surface area (Å²) >= 11 is 7.19. The third-order valence-corrected chi connectivity index (χ3v) is 3.76. The van der Waals surface area contributed by atoms with E-state index in [4.69, 9.17) is 16.3 Å². The number of carbonyl (C=O) groups excluding carboxylic acids is 2. The number of hydrogen-bond donors (Lipinski definition) is 2. The van der Waals surface area contributed by atoms with E-state index in [0.717, 1.165) is 0 Å². The van der Waals surface area contributed by atoms with Gasteiger partial charge in [0.1, 0.15) is 5.75 Å². The van der Waals surface area contributed by atoms with Crippen LogP contribution in [0.5, 0.6) is 5.75 Å². The van der Waals surface area contributed by atoms with Crippen LogP contribution in [0.15, 0.2) is 35.7 Å². The topological polar surface area (TPSA) is 67.4 Å². The summed E-state index contributed by atoms with van der Waals surface area (Å²) < 4.78 is 5.16. The molecule has 0 unspecified atom stereocenters. The minimum absolute atomic E-state index is 0.0501. The Hall–Kier alpha value is -2.05. The lowest BCUT2D eigenvalue weighted by molar-refractivity contribution is -0.121. The van der Waals surface area contributed by atoms with E-state index in [2.05, 4.69) is 10.9 Å². The van der Waals surface area contributed by atoms with Crippen molar-refractivity contribution < 1.29 is 14.3 Å². The van der Waals surface area contributed by atoms with Gasteiger partial charge in [-0.15, -0.1) is 11.3 Å². The van der Waals surface area contributed by atoms with E-state index in [1.54, 1.807) is 35.7 Å². The molecule has 0 bridgehead atoms. The van der Waals surface area contributed by atoms with E-state index in [1.165, 1.54) is 18.4 Å². The predicted molar refractivity (Wildman–Crippen MR) is 81.6 cm³/mol. The van der Waals surface area contributed by atoms with Gasteiger partial charge in [-0.2, -0.15) is 0 Å². The molecule has 2 amide bonds. The Balaban J connectivity index is 1.93. The van der Waals surface area contributed by atoms with E-state index in [0.29, 0.717) is 21.2 Å². The maximum Gasteiger partial charge on any atom is 0.279 e. The summed E-state index contributed by atoms with van der Waals surface area (Å²) in [6, 6.07) is 8.46. The Morgan fingerprint density at radius 3 is 2.76 bits per heavy atom. The fraction of sp³-hybridized carbons (Fsp3) is 0.143. The van der Waals surface area contributed by atoms with Crippen LogP contribution >= 0.6 is 22.9 Å². The molecule has 5 nitrogen and oxygen atoms in total. The number of methoxy groups -OCH3 is 1. The van der Waals surface area contributed by atoms with Crippen LogP contribution in [0.1, 0.15) is 15.2 Å². The van der Waals surface area contributed by atoms with Gasteiger partial charge in [0.05, 0.1) is 18.4 Å². The highest BCUT2D eigenvalue weighted by Crippen LogP contribution is 2.22. The third-order valence-electron chi connectivity index (χ3n) is 2.65. The molecule has 0 aliphatic heterocycles. The number of hydrazine groups is 1. The molecule has 0 atom stereocenters. The van der Waals surface area contributed by atoms with Gasteiger partial charge in [0, 0.05) is 10.6 Å². The molecule has 0 saturated heterocycles. The number of hydrogen-bond acceptors (Lipinski definition) is 4. The van der Waals surface area contributed by atoms with Crippen molar-refractivity contribution in [1.29, 1.82) is 0 Å². The first-order valence-corrected chi connectivity index (χ1v) is 7.31.